The molecule has 1 aliphatic rings. The number of hydrogen-bond acceptors (Lipinski definition) is 2. The third-order valence-electron chi connectivity index (χ3n) is 5.04. The number of halogens is 6. The molecule has 1 heterocycles. The van der Waals surface area contributed by atoms with Crippen molar-refractivity contribution < 1.29 is 31.9 Å². The Kier molecular flexibility index (Phi) is 6.14. The van der Waals surface area contributed by atoms with Crippen LogP contribution in [-0.2, 0) is 11.0 Å². The largest absolute Gasteiger partial charge is 0.481 e. The number of alkyl halides is 3. The van der Waals surface area contributed by atoms with Gasteiger partial charge in [-0.3, -0.25) is 9.69 Å². The molecule has 0 radical (unpaired) electrons. The van der Waals surface area contributed by atoms with E-state index >= 15 is 0 Å². The second-order valence-corrected chi connectivity index (χ2v) is 7.38. The molecule has 2 aromatic carbocycles. The summed E-state index contributed by atoms with van der Waals surface area (Å²) >= 11 is 6.19. The molecule has 1 aliphatic heterocycles. The van der Waals surface area contributed by atoms with Gasteiger partial charge in [0.1, 0.15) is 11.6 Å². The van der Waals surface area contributed by atoms with Crippen molar-refractivity contribution in [1.82, 2.24) is 4.90 Å². The minimum atomic E-state index is -4.64. The van der Waals surface area contributed by atoms with Gasteiger partial charge in [-0.2, -0.15) is 13.2 Å². The smallest absolute Gasteiger partial charge is 0.416 e. The van der Waals surface area contributed by atoms with Crippen molar-refractivity contribution in [3.8, 4) is 0 Å². The minimum absolute atomic E-state index is 0.00336. The Morgan fingerprint density at radius 2 is 1.86 bits per heavy atom. The van der Waals surface area contributed by atoms with Crippen LogP contribution in [-0.4, -0.2) is 29.1 Å². The monoisotopic (exact) mass is 433 g/mol. The van der Waals surface area contributed by atoms with Crippen LogP contribution >= 0.6 is 11.6 Å². The molecule has 2 unspecified atom stereocenters. The van der Waals surface area contributed by atoms with Crippen molar-refractivity contribution in [2.24, 2.45) is 5.92 Å². The normalized spacial score (nSPS) is 19.2. The molecule has 2 aromatic rings. The fourth-order valence-electron chi connectivity index (χ4n) is 3.66. The van der Waals surface area contributed by atoms with E-state index in [9.17, 15) is 31.9 Å². The van der Waals surface area contributed by atoms with Crippen LogP contribution in [0.1, 0.15) is 35.6 Å². The lowest BCUT2D eigenvalue weighted by atomic mass is 9.90. The molecular weight excluding hydrogens is 417 g/mol. The van der Waals surface area contributed by atoms with Crippen LogP contribution in [0, 0.1) is 17.6 Å². The maximum Gasteiger partial charge on any atom is 0.416 e. The Hall–Kier alpha value is -2.19. The predicted molar refractivity (Wildman–Crippen MR) is 96.6 cm³/mol. The van der Waals surface area contributed by atoms with Crippen LogP contribution in [0.25, 0.3) is 0 Å². The molecule has 29 heavy (non-hydrogen) atoms. The highest BCUT2D eigenvalue weighted by molar-refractivity contribution is 6.31. The molecule has 1 N–H and O–H groups in total. The second kappa shape index (κ2) is 8.28. The first-order chi connectivity index (χ1) is 13.6. The number of carboxylic acids is 1. The topological polar surface area (TPSA) is 40.5 Å². The summed E-state index contributed by atoms with van der Waals surface area (Å²) < 4.78 is 67.8. The lowest BCUT2D eigenvalue weighted by molar-refractivity contribution is -0.143. The molecule has 2 atom stereocenters. The third kappa shape index (κ3) is 4.70. The van der Waals surface area contributed by atoms with E-state index < -0.39 is 41.3 Å². The van der Waals surface area contributed by atoms with Gasteiger partial charge in [0.2, 0.25) is 0 Å². The number of aliphatic carboxylic acids is 1. The van der Waals surface area contributed by atoms with E-state index in [0.717, 1.165) is 30.3 Å². The molecule has 0 amide bonds. The average molecular weight is 434 g/mol. The van der Waals surface area contributed by atoms with Crippen molar-refractivity contribution in [3.05, 3.63) is 69.7 Å². The maximum absolute atomic E-state index is 14.6. The lowest BCUT2D eigenvalue weighted by Gasteiger charge is -2.38. The van der Waals surface area contributed by atoms with Crippen molar-refractivity contribution in [2.75, 3.05) is 13.1 Å². The second-order valence-electron chi connectivity index (χ2n) is 6.97. The first kappa shape index (κ1) is 21.5. The van der Waals surface area contributed by atoms with Crippen LogP contribution in [0.4, 0.5) is 22.0 Å². The molecule has 1 fully saturated rings. The zero-order valence-corrected chi connectivity index (χ0v) is 15.8. The van der Waals surface area contributed by atoms with Crippen molar-refractivity contribution in [2.45, 2.75) is 25.1 Å². The number of piperidine rings is 1. The van der Waals surface area contributed by atoms with Gasteiger partial charge in [0.05, 0.1) is 17.5 Å². The fourth-order valence-corrected chi connectivity index (χ4v) is 3.88. The highest BCUT2D eigenvalue weighted by atomic mass is 35.5. The van der Waals surface area contributed by atoms with Gasteiger partial charge in [0.25, 0.3) is 0 Å². The summed E-state index contributed by atoms with van der Waals surface area (Å²) in [6.07, 6.45) is -3.77. The minimum Gasteiger partial charge on any atom is -0.481 e. The number of benzene rings is 2. The number of nitrogens with zero attached hydrogens (tertiary/aromatic N) is 1. The molecule has 0 aromatic heterocycles. The third-order valence-corrected chi connectivity index (χ3v) is 5.39. The summed E-state index contributed by atoms with van der Waals surface area (Å²) in [5.41, 5.74) is -1.05. The SMILES string of the molecule is O=C(O)C1CCCN(C(c2ccc(F)cc2F)c2cc(C(F)(F)F)ccc2Cl)C1. The number of carbonyl (C=O) groups is 1. The van der Waals surface area contributed by atoms with Crippen molar-refractivity contribution >= 4 is 17.6 Å². The summed E-state index contributed by atoms with van der Waals surface area (Å²) in [6.45, 7) is 0.335. The number of rotatable bonds is 4. The Morgan fingerprint density at radius 1 is 1.14 bits per heavy atom. The van der Waals surface area contributed by atoms with Gasteiger partial charge in [-0.05, 0) is 49.2 Å². The number of carboxylic acid groups (broad SMARTS) is 1. The summed E-state index contributed by atoms with van der Waals surface area (Å²) in [6, 6.07) is 4.44. The number of likely N-dealkylation sites (tertiary alicyclic amines) is 1. The summed E-state index contributed by atoms with van der Waals surface area (Å²) in [5, 5.41) is 9.33. The number of hydrogen-bond donors (Lipinski definition) is 1. The van der Waals surface area contributed by atoms with E-state index in [-0.39, 0.29) is 22.7 Å². The Labute approximate surface area is 168 Å². The van der Waals surface area contributed by atoms with Gasteiger partial charge in [-0.1, -0.05) is 17.7 Å². The first-order valence-corrected chi connectivity index (χ1v) is 9.24. The fraction of sp³-hybridized carbons (Fsp3) is 0.350. The van der Waals surface area contributed by atoms with E-state index in [1.165, 1.54) is 0 Å². The van der Waals surface area contributed by atoms with Crippen LogP contribution in [0.15, 0.2) is 36.4 Å². The van der Waals surface area contributed by atoms with E-state index in [4.69, 9.17) is 11.6 Å². The Balaban J connectivity index is 2.15. The van der Waals surface area contributed by atoms with Gasteiger partial charge in [-0.15, -0.1) is 0 Å². The zero-order valence-electron chi connectivity index (χ0n) is 15.0. The zero-order chi connectivity index (χ0) is 21.3. The van der Waals surface area contributed by atoms with Crippen LogP contribution < -0.4 is 0 Å². The molecule has 0 saturated carbocycles. The molecule has 3 nitrogen and oxygen atoms in total. The molecule has 9 heteroatoms. The standard InChI is InChI=1S/C20H17ClF5NO2/c21-16-6-3-12(20(24,25)26)8-15(16)18(14-5-4-13(22)9-17(14)23)27-7-1-2-11(10-27)19(28)29/h3-6,8-9,11,18H,1-2,7,10H2,(H,28,29). The van der Waals surface area contributed by atoms with E-state index in [1.54, 1.807) is 4.90 Å². The summed E-state index contributed by atoms with van der Waals surface area (Å²) in [5.74, 6) is -3.56. The van der Waals surface area contributed by atoms with Gasteiger partial charge >= 0.3 is 12.1 Å². The highest BCUT2D eigenvalue weighted by Gasteiger charge is 2.36. The van der Waals surface area contributed by atoms with Gasteiger partial charge in [0, 0.05) is 23.2 Å². The predicted octanol–water partition coefficient (Wildman–Crippen LogP) is 5.52. The quantitative estimate of drug-likeness (QED) is 0.645. The van der Waals surface area contributed by atoms with Crippen LogP contribution in [0.3, 0.4) is 0 Å². The summed E-state index contributed by atoms with van der Waals surface area (Å²) in [4.78, 5) is 13.0. The first-order valence-electron chi connectivity index (χ1n) is 8.86. The molecule has 156 valence electrons. The average Bonchev–Trinajstić information content (AvgIpc) is 2.64. The molecule has 0 aliphatic carbocycles. The molecule has 0 spiro atoms. The molecule has 0 bridgehead atoms. The summed E-state index contributed by atoms with van der Waals surface area (Å²) in [7, 11) is 0. The van der Waals surface area contributed by atoms with E-state index in [0.29, 0.717) is 25.5 Å². The Bertz CT molecular complexity index is 918. The van der Waals surface area contributed by atoms with Gasteiger partial charge in [0.15, 0.2) is 0 Å². The molecule has 3 rings (SSSR count). The lowest BCUT2D eigenvalue weighted by Crippen LogP contribution is -2.41. The van der Waals surface area contributed by atoms with E-state index in [2.05, 4.69) is 0 Å². The van der Waals surface area contributed by atoms with Crippen molar-refractivity contribution in [3.63, 3.8) is 0 Å². The van der Waals surface area contributed by atoms with Crippen LogP contribution in [0.5, 0.6) is 0 Å². The van der Waals surface area contributed by atoms with Gasteiger partial charge < -0.3 is 5.11 Å². The maximum atomic E-state index is 14.6. The van der Waals surface area contributed by atoms with Crippen molar-refractivity contribution in [1.29, 1.82) is 0 Å². The van der Waals surface area contributed by atoms with E-state index in [1.807, 2.05) is 0 Å². The molecule has 1 saturated heterocycles. The van der Waals surface area contributed by atoms with Crippen LogP contribution in [0.2, 0.25) is 5.02 Å². The molecular formula is C20H17ClF5NO2. The van der Waals surface area contributed by atoms with Gasteiger partial charge in [-0.25, -0.2) is 8.78 Å². The highest BCUT2D eigenvalue weighted by Crippen LogP contribution is 2.40. The Morgan fingerprint density at radius 3 is 2.48 bits per heavy atom.